The summed E-state index contributed by atoms with van der Waals surface area (Å²) >= 11 is 6.06. The Labute approximate surface area is 179 Å². The van der Waals surface area contributed by atoms with Gasteiger partial charge in [0.15, 0.2) is 17.4 Å². The van der Waals surface area contributed by atoms with Crippen LogP contribution in [0.2, 0.25) is 5.15 Å². The number of hydrogen-bond donors (Lipinski definition) is 0. The molecule has 0 aliphatic heterocycles. The Morgan fingerprint density at radius 3 is 2.48 bits per heavy atom. The zero-order valence-corrected chi connectivity index (χ0v) is 17.4. The molecule has 1 aromatic carbocycles. The van der Waals surface area contributed by atoms with Crippen LogP contribution in [0.5, 0.6) is 11.6 Å². The van der Waals surface area contributed by atoms with Gasteiger partial charge in [-0.15, -0.1) is 0 Å². The predicted octanol–water partition coefficient (Wildman–Crippen LogP) is 3.61. The first-order valence-electron chi connectivity index (χ1n) is 8.77. The minimum absolute atomic E-state index is 0.0647. The van der Waals surface area contributed by atoms with Gasteiger partial charge in [-0.2, -0.15) is 18.2 Å². The number of methoxy groups -OCH3 is 1. The molecule has 0 aliphatic carbocycles. The standard InChI is InChI=1S/C19H17ClF3N5O3/c1-27(2)10-24-13-8-14(31-9-19(21,22)23)25-17-15(13)26-16(20)18(29)28(17)11-4-6-12(30-3)7-5-11/h4-8,10H,9H2,1-3H3/b24-10-. The van der Waals surface area contributed by atoms with Crippen LogP contribution in [0, 0.1) is 0 Å². The van der Waals surface area contributed by atoms with E-state index in [0.29, 0.717) is 11.4 Å². The van der Waals surface area contributed by atoms with Crippen molar-refractivity contribution in [3.05, 3.63) is 45.8 Å². The second-order valence-electron chi connectivity index (χ2n) is 6.51. The molecule has 0 radical (unpaired) electrons. The van der Waals surface area contributed by atoms with Gasteiger partial charge in [-0.25, -0.2) is 9.98 Å². The lowest BCUT2D eigenvalue weighted by Crippen LogP contribution is -2.22. The first-order chi connectivity index (χ1) is 14.6. The van der Waals surface area contributed by atoms with Crippen molar-refractivity contribution in [3.63, 3.8) is 0 Å². The van der Waals surface area contributed by atoms with Crippen molar-refractivity contribution in [2.45, 2.75) is 6.18 Å². The van der Waals surface area contributed by atoms with Gasteiger partial charge in [0.25, 0.3) is 5.56 Å². The van der Waals surface area contributed by atoms with Crippen LogP contribution in [0.1, 0.15) is 0 Å². The molecule has 3 rings (SSSR count). The fraction of sp³-hybridized carbons (Fsp3) is 0.263. The minimum atomic E-state index is -4.57. The summed E-state index contributed by atoms with van der Waals surface area (Å²) in [5.74, 6) is 0.168. The number of rotatable bonds is 6. The fourth-order valence-corrected chi connectivity index (χ4v) is 2.73. The number of pyridine rings is 1. The first kappa shape index (κ1) is 22.3. The second-order valence-corrected chi connectivity index (χ2v) is 6.86. The summed E-state index contributed by atoms with van der Waals surface area (Å²) in [7, 11) is 4.91. The van der Waals surface area contributed by atoms with E-state index in [2.05, 4.69) is 15.0 Å². The summed E-state index contributed by atoms with van der Waals surface area (Å²) in [4.78, 5) is 26.7. The topological polar surface area (TPSA) is 81.8 Å². The summed E-state index contributed by atoms with van der Waals surface area (Å²) in [6, 6.07) is 7.56. The van der Waals surface area contributed by atoms with Crippen molar-refractivity contribution >= 4 is 34.8 Å². The second kappa shape index (κ2) is 8.80. The SMILES string of the molecule is COc1ccc(-n2c(=O)c(Cl)nc3c(/N=C\N(C)C)cc(OCC(F)(F)F)nc32)cc1. The Balaban J connectivity index is 2.29. The number of nitrogens with zero attached hydrogens (tertiary/aromatic N) is 5. The zero-order valence-electron chi connectivity index (χ0n) is 16.6. The van der Waals surface area contributed by atoms with E-state index in [1.165, 1.54) is 19.5 Å². The van der Waals surface area contributed by atoms with Gasteiger partial charge in [0.1, 0.15) is 11.3 Å². The Morgan fingerprint density at radius 2 is 1.90 bits per heavy atom. The van der Waals surface area contributed by atoms with Crippen molar-refractivity contribution in [2.24, 2.45) is 4.99 Å². The third-order valence-corrected chi connectivity index (χ3v) is 4.12. The van der Waals surface area contributed by atoms with Crippen LogP contribution in [0.4, 0.5) is 18.9 Å². The fourth-order valence-electron chi connectivity index (χ4n) is 2.56. The number of alkyl halides is 3. The van der Waals surface area contributed by atoms with Gasteiger partial charge in [0.2, 0.25) is 5.88 Å². The van der Waals surface area contributed by atoms with Crippen LogP contribution in [-0.4, -0.2) is 59.8 Å². The zero-order chi connectivity index (χ0) is 22.8. The maximum atomic E-state index is 12.8. The Morgan fingerprint density at radius 1 is 1.23 bits per heavy atom. The van der Waals surface area contributed by atoms with Crippen molar-refractivity contribution in [1.29, 1.82) is 0 Å². The molecule has 0 spiro atoms. The molecule has 0 N–H and O–H groups in total. The normalized spacial score (nSPS) is 11.8. The van der Waals surface area contributed by atoms with E-state index in [1.807, 2.05) is 0 Å². The highest BCUT2D eigenvalue weighted by Gasteiger charge is 2.29. The molecule has 2 aromatic heterocycles. The number of benzene rings is 1. The van der Waals surface area contributed by atoms with Gasteiger partial charge in [-0.3, -0.25) is 9.36 Å². The summed E-state index contributed by atoms with van der Waals surface area (Å²) < 4.78 is 49.0. The van der Waals surface area contributed by atoms with Crippen LogP contribution >= 0.6 is 11.6 Å². The van der Waals surface area contributed by atoms with Crippen LogP contribution in [0.15, 0.2) is 40.1 Å². The van der Waals surface area contributed by atoms with Gasteiger partial charge in [-0.05, 0) is 24.3 Å². The smallest absolute Gasteiger partial charge is 0.422 e. The van der Waals surface area contributed by atoms with E-state index in [4.69, 9.17) is 21.1 Å². The predicted molar refractivity (Wildman–Crippen MR) is 110 cm³/mol. The molecule has 31 heavy (non-hydrogen) atoms. The van der Waals surface area contributed by atoms with Crippen LogP contribution < -0.4 is 15.0 Å². The van der Waals surface area contributed by atoms with Gasteiger partial charge in [0, 0.05) is 20.2 Å². The quantitative estimate of drug-likeness (QED) is 0.417. The largest absolute Gasteiger partial charge is 0.497 e. The maximum Gasteiger partial charge on any atom is 0.422 e. The molecule has 12 heteroatoms. The molecule has 2 heterocycles. The molecular weight excluding hydrogens is 439 g/mol. The lowest BCUT2D eigenvalue weighted by Gasteiger charge is -2.14. The van der Waals surface area contributed by atoms with Crippen molar-refractivity contribution < 1.29 is 22.6 Å². The lowest BCUT2D eigenvalue weighted by atomic mass is 10.2. The van der Waals surface area contributed by atoms with Gasteiger partial charge in [0.05, 0.1) is 24.8 Å². The number of fused-ring (bicyclic) bond motifs is 1. The Hall–Kier alpha value is -3.34. The van der Waals surface area contributed by atoms with Crippen molar-refractivity contribution in [1.82, 2.24) is 19.4 Å². The van der Waals surface area contributed by atoms with E-state index < -0.39 is 18.3 Å². The molecule has 0 unspecified atom stereocenters. The third-order valence-electron chi connectivity index (χ3n) is 3.87. The number of hydrogen-bond acceptors (Lipinski definition) is 6. The Bertz CT molecular complexity index is 1180. The maximum absolute atomic E-state index is 12.8. The van der Waals surface area contributed by atoms with E-state index in [1.54, 1.807) is 43.3 Å². The van der Waals surface area contributed by atoms with Crippen LogP contribution in [0.25, 0.3) is 16.9 Å². The molecule has 8 nitrogen and oxygen atoms in total. The minimum Gasteiger partial charge on any atom is -0.497 e. The highest BCUT2D eigenvalue weighted by Crippen LogP contribution is 2.30. The molecule has 164 valence electrons. The third kappa shape index (κ3) is 5.23. The van der Waals surface area contributed by atoms with E-state index >= 15 is 0 Å². The summed E-state index contributed by atoms with van der Waals surface area (Å²) in [5, 5.41) is -0.351. The average molecular weight is 456 g/mol. The highest BCUT2D eigenvalue weighted by atomic mass is 35.5. The summed E-state index contributed by atoms with van der Waals surface area (Å²) in [5.41, 5.74) is -0.187. The van der Waals surface area contributed by atoms with Gasteiger partial charge in [-0.1, -0.05) is 11.6 Å². The molecule has 0 saturated heterocycles. The molecular formula is C19H17ClF3N5O3. The number of halogens is 4. The van der Waals surface area contributed by atoms with Gasteiger partial charge < -0.3 is 14.4 Å². The van der Waals surface area contributed by atoms with Crippen LogP contribution in [0.3, 0.4) is 0 Å². The lowest BCUT2D eigenvalue weighted by molar-refractivity contribution is -0.154. The summed E-state index contributed by atoms with van der Waals surface area (Å²) in [6.07, 6.45) is -3.15. The van der Waals surface area contributed by atoms with Gasteiger partial charge >= 0.3 is 6.18 Å². The number of aliphatic imine (C=N–C) groups is 1. The van der Waals surface area contributed by atoms with E-state index in [-0.39, 0.29) is 27.9 Å². The molecule has 0 saturated carbocycles. The Kier molecular flexibility index (Phi) is 6.34. The molecule has 0 amide bonds. The van der Waals surface area contributed by atoms with Crippen molar-refractivity contribution in [3.8, 4) is 17.3 Å². The van der Waals surface area contributed by atoms with E-state index in [9.17, 15) is 18.0 Å². The summed E-state index contributed by atoms with van der Waals surface area (Å²) in [6.45, 7) is -1.56. The monoisotopic (exact) mass is 455 g/mol. The first-order valence-corrected chi connectivity index (χ1v) is 9.15. The molecule has 0 fully saturated rings. The molecule has 0 aliphatic rings. The number of ether oxygens (including phenoxy) is 2. The molecule has 0 bridgehead atoms. The van der Waals surface area contributed by atoms with Crippen molar-refractivity contribution in [2.75, 3.05) is 27.8 Å². The highest BCUT2D eigenvalue weighted by molar-refractivity contribution is 6.29. The molecule has 3 aromatic rings. The van der Waals surface area contributed by atoms with Crippen LogP contribution in [-0.2, 0) is 0 Å². The van der Waals surface area contributed by atoms with E-state index in [0.717, 1.165) is 4.57 Å². The molecule has 0 atom stereocenters. The number of aromatic nitrogens is 3. The average Bonchev–Trinajstić information content (AvgIpc) is 2.71.